The summed E-state index contributed by atoms with van der Waals surface area (Å²) >= 11 is 0. The molecule has 11 N–H and O–H groups in total. The Balaban J connectivity index is -0.00000171. The molecule has 0 atom stereocenters. The fourth-order valence-electron chi connectivity index (χ4n) is 5.57. The minimum Gasteiger partial charge on any atom is -0.475 e. The number of carboxylic acids is 4. The molecule has 25 nitrogen and oxygen atoms in total. The van der Waals surface area contributed by atoms with E-state index in [0.29, 0.717) is 19.7 Å². The van der Waals surface area contributed by atoms with Gasteiger partial charge >= 0.3 is 60.4 Å². The second-order valence-corrected chi connectivity index (χ2v) is 16.2. The number of halogens is 12. The first kappa shape index (κ1) is 77.5. The molecule has 0 spiro atoms. The van der Waals surface area contributed by atoms with Crippen LogP contribution in [0.15, 0.2) is 21.9 Å². The lowest BCUT2D eigenvalue weighted by atomic mass is 10.1. The van der Waals surface area contributed by atoms with Crippen LogP contribution in [0.3, 0.4) is 0 Å². The van der Waals surface area contributed by atoms with Crippen LogP contribution in [0.1, 0.15) is 71.1 Å². The van der Waals surface area contributed by atoms with E-state index >= 15 is 0 Å². The van der Waals surface area contributed by atoms with E-state index in [4.69, 9.17) is 44.3 Å². The summed E-state index contributed by atoms with van der Waals surface area (Å²) in [4.78, 5) is 115. The maximum absolute atomic E-state index is 13.2. The summed E-state index contributed by atoms with van der Waals surface area (Å²) < 4.78 is 133. The number of carbonyl (C=O) groups is 8. The maximum Gasteiger partial charge on any atom is 0.490 e. The number of alkyl halides is 12. The van der Waals surface area contributed by atoms with Crippen molar-refractivity contribution in [3.05, 3.63) is 33.1 Å². The fraction of sp³-hybridized carbons (Fsp3) is 0.721. The number of aromatic nitrogens is 2. The number of aromatic amines is 1. The van der Waals surface area contributed by atoms with Crippen LogP contribution in [0.4, 0.5) is 57.5 Å². The minimum atomic E-state index is -5.08. The SMILES string of the molecule is CCCCCCCCCCCCOC(=O)NCCNC(=O)CN(CCNC(=O)CN1CCNCCNCCNCC1)C(=O)Cn1ccc(=O)[nH]c1=O.O=C(O)C(F)(F)F.O=C(O)C(F)(F)F.O=C(O)C(F)(F)F.O=C(O)C(F)(F)F. The number of nitrogens with one attached hydrogen (secondary N) is 7. The third-order valence-electron chi connectivity index (χ3n) is 9.55. The zero-order chi connectivity index (χ0) is 62.0. The smallest absolute Gasteiger partial charge is 0.475 e. The highest BCUT2D eigenvalue weighted by Gasteiger charge is 2.40. The zero-order valence-electron chi connectivity index (χ0n) is 43.2. The Morgan fingerprint density at radius 2 is 0.950 bits per heavy atom. The van der Waals surface area contributed by atoms with Gasteiger partial charge in [0.15, 0.2) is 0 Å². The van der Waals surface area contributed by atoms with Gasteiger partial charge in [-0.1, -0.05) is 64.7 Å². The number of hydrogen-bond donors (Lipinski definition) is 11. The van der Waals surface area contributed by atoms with Crippen molar-refractivity contribution < 1.29 is 116 Å². The Bertz CT molecular complexity index is 1990. The minimum absolute atomic E-state index is 0.00967. The molecule has 0 unspecified atom stereocenters. The van der Waals surface area contributed by atoms with Gasteiger partial charge in [0.25, 0.3) is 5.56 Å². The van der Waals surface area contributed by atoms with Crippen LogP contribution < -0.4 is 43.1 Å². The van der Waals surface area contributed by atoms with Gasteiger partial charge in [0.05, 0.1) is 19.7 Å². The van der Waals surface area contributed by atoms with Crippen LogP contribution >= 0.6 is 0 Å². The van der Waals surface area contributed by atoms with Crippen molar-refractivity contribution in [1.82, 2.24) is 51.3 Å². The normalized spacial score (nSPS) is 13.3. The lowest BCUT2D eigenvalue weighted by Gasteiger charge is -2.25. The number of hydrogen-bond acceptors (Lipinski definition) is 15. The van der Waals surface area contributed by atoms with E-state index in [1.165, 1.54) is 56.0 Å². The average Bonchev–Trinajstić information content (AvgIpc) is 3.33. The first-order valence-corrected chi connectivity index (χ1v) is 24.1. The molecular formula is C43H68F12N10O15. The monoisotopic (exact) mass is 1190 g/mol. The summed E-state index contributed by atoms with van der Waals surface area (Å²) in [7, 11) is 0. The van der Waals surface area contributed by atoms with Crippen LogP contribution in [0, 0.1) is 0 Å². The molecule has 2 rings (SSSR count). The van der Waals surface area contributed by atoms with E-state index < -0.39 is 84.3 Å². The molecule has 37 heteroatoms. The van der Waals surface area contributed by atoms with Gasteiger partial charge in [0, 0.05) is 90.8 Å². The lowest BCUT2D eigenvalue weighted by molar-refractivity contribution is -0.193. The molecule has 1 aliphatic rings. The fourth-order valence-corrected chi connectivity index (χ4v) is 5.57. The number of aliphatic carboxylic acids is 4. The highest BCUT2D eigenvalue weighted by Crippen LogP contribution is 2.15. The summed E-state index contributed by atoms with van der Waals surface area (Å²) in [6, 6.07) is 1.13. The van der Waals surface area contributed by atoms with Crippen molar-refractivity contribution in [2.24, 2.45) is 0 Å². The molecule has 2 heterocycles. The first-order chi connectivity index (χ1) is 37.1. The third-order valence-corrected chi connectivity index (χ3v) is 9.55. The number of alkyl carbamates (subject to hydrolysis) is 1. The number of carbonyl (C=O) groups excluding carboxylic acids is 4. The predicted molar refractivity (Wildman–Crippen MR) is 255 cm³/mol. The van der Waals surface area contributed by atoms with Crippen molar-refractivity contribution in [3.8, 4) is 0 Å². The molecular weight excluding hydrogens is 1120 g/mol. The number of carboxylic acid groups (broad SMARTS) is 4. The molecule has 464 valence electrons. The number of amides is 4. The Hall–Kier alpha value is -6.76. The van der Waals surface area contributed by atoms with Crippen LogP contribution in [-0.4, -0.2) is 210 Å². The number of nitrogens with zero attached hydrogens (tertiary/aromatic N) is 3. The molecule has 0 radical (unpaired) electrons. The van der Waals surface area contributed by atoms with E-state index in [9.17, 15) is 81.5 Å². The highest BCUT2D eigenvalue weighted by molar-refractivity contribution is 5.85. The van der Waals surface area contributed by atoms with Gasteiger partial charge in [-0.3, -0.25) is 33.6 Å². The zero-order valence-corrected chi connectivity index (χ0v) is 43.2. The molecule has 0 saturated carbocycles. The van der Waals surface area contributed by atoms with Crippen molar-refractivity contribution in [2.45, 2.75) is 102 Å². The lowest BCUT2D eigenvalue weighted by Crippen LogP contribution is -2.48. The Kier molecular flexibility index (Phi) is 41.7. The summed E-state index contributed by atoms with van der Waals surface area (Å²) in [5.41, 5.74) is -1.35. The first-order valence-electron chi connectivity index (χ1n) is 24.1. The Morgan fingerprint density at radius 1 is 0.562 bits per heavy atom. The quantitative estimate of drug-likeness (QED) is 0.0550. The van der Waals surface area contributed by atoms with E-state index in [-0.39, 0.29) is 45.2 Å². The molecule has 1 saturated heterocycles. The highest BCUT2D eigenvalue weighted by atomic mass is 19.4. The molecule has 1 aliphatic heterocycles. The molecule has 1 fully saturated rings. The molecule has 0 bridgehead atoms. The number of H-pyrrole nitrogens is 1. The molecule has 4 amide bonds. The second-order valence-electron chi connectivity index (χ2n) is 16.2. The second kappa shape index (κ2) is 43.1. The van der Waals surface area contributed by atoms with Gasteiger partial charge in [-0.2, -0.15) is 52.7 Å². The molecule has 1 aromatic heterocycles. The van der Waals surface area contributed by atoms with Crippen LogP contribution in [-0.2, 0) is 44.8 Å². The van der Waals surface area contributed by atoms with E-state index in [2.05, 4.69) is 43.8 Å². The largest absolute Gasteiger partial charge is 0.490 e. The topological polar surface area (TPSA) is 360 Å². The van der Waals surface area contributed by atoms with E-state index in [0.717, 1.165) is 69.2 Å². The van der Waals surface area contributed by atoms with Gasteiger partial charge in [0.2, 0.25) is 17.7 Å². The van der Waals surface area contributed by atoms with Gasteiger partial charge < -0.3 is 62.0 Å². The Labute approximate surface area is 448 Å². The predicted octanol–water partition coefficient (Wildman–Crippen LogP) is 1.86. The van der Waals surface area contributed by atoms with Gasteiger partial charge in [0.1, 0.15) is 6.54 Å². The summed E-state index contributed by atoms with van der Waals surface area (Å²) in [5.74, 6) is -12.3. The molecule has 0 aliphatic carbocycles. The average molecular weight is 1190 g/mol. The number of unbranched alkanes of at least 4 members (excludes halogenated alkanes) is 9. The van der Waals surface area contributed by atoms with Crippen molar-refractivity contribution >= 4 is 47.7 Å². The van der Waals surface area contributed by atoms with Crippen molar-refractivity contribution in [3.63, 3.8) is 0 Å². The maximum atomic E-state index is 13.2. The van der Waals surface area contributed by atoms with E-state index in [1.54, 1.807) is 0 Å². The van der Waals surface area contributed by atoms with Gasteiger partial charge in [-0.25, -0.2) is 28.8 Å². The summed E-state index contributed by atoms with van der Waals surface area (Å²) in [6.07, 6.45) is -7.79. The number of rotatable bonds is 23. The van der Waals surface area contributed by atoms with Gasteiger partial charge in [-0.15, -0.1) is 0 Å². The standard InChI is InChI=1S/C35H64N10O7.4C2HF3O2/c1-2-3-4-5-6-7-8-9-10-11-26-52-35(51)41-18-17-39-32(48)28-44(33(49)29-45-22-12-30(46)42-34(45)50)25-21-40-31(47)27-43-23-19-37-15-13-36-14-16-38-20-24-43;4*3-2(4,5)1(6)7/h12,22,36-38H,2-11,13-21,23-29H2,1H3,(H,39,48)(H,40,47)(H,41,51)(H,42,46,50);4*(H,6,7). The van der Waals surface area contributed by atoms with Crippen molar-refractivity contribution in [1.29, 1.82) is 0 Å². The Morgan fingerprint density at radius 3 is 1.36 bits per heavy atom. The van der Waals surface area contributed by atoms with Crippen LogP contribution in [0.5, 0.6) is 0 Å². The van der Waals surface area contributed by atoms with Gasteiger partial charge in [-0.05, 0) is 6.42 Å². The van der Waals surface area contributed by atoms with Crippen molar-refractivity contribution in [2.75, 3.05) is 98.2 Å². The molecule has 80 heavy (non-hydrogen) atoms. The van der Waals surface area contributed by atoms with Crippen LogP contribution in [0.25, 0.3) is 0 Å². The third kappa shape index (κ3) is 47.3. The summed E-state index contributed by atoms with van der Waals surface area (Å²) in [5, 5.41) is 46.7. The number of ether oxygens (including phenoxy) is 1. The molecule has 1 aromatic rings. The van der Waals surface area contributed by atoms with E-state index in [1.807, 2.05) is 4.90 Å². The van der Waals surface area contributed by atoms with Crippen LogP contribution in [0.2, 0.25) is 0 Å². The summed E-state index contributed by atoms with van der Waals surface area (Å²) in [6.45, 7) is 8.62. The molecule has 0 aromatic carbocycles.